The van der Waals surface area contributed by atoms with Crippen molar-refractivity contribution in [2.75, 3.05) is 31.1 Å². The summed E-state index contributed by atoms with van der Waals surface area (Å²) in [5, 5.41) is 13.2. The fraction of sp³-hybridized carbons (Fsp3) is 0.429. The molecule has 106 valence electrons. The molecule has 0 bridgehead atoms. The molecule has 0 radical (unpaired) electrons. The van der Waals surface area contributed by atoms with E-state index in [0.29, 0.717) is 23.4 Å². The van der Waals surface area contributed by atoms with Crippen LogP contribution in [-0.2, 0) is 6.42 Å². The molecule has 6 heteroatoms. The van der Waals surface area contributed by atoms with Gasteiger partial charge >= 0.3 is 0 Å². The highest BCUT2D eigenvalue weighted by Gasteiger charge is 2.19. The highest BCUT2D eigenvalue weighted by atomic mass is 16.3. The SMILES string of the molecule is CCc1c(N2CCNCC2)nc2c(O)cccn2c1=O. The van der Waals surface area contributed by atoms with Gasteiger partial charge in [0.05, 0.1) is 5.56 Å². The molecule has 0 atom stereocenters. The Morgan fingerprint density at radius 1 is 1.40 bits per heavy atom. The molecule has 1 aliphatic heterocycles. The van der Waals surface area contributed by atoms with E-state index in [4.69, 9.17) is 0 Å². The number of anilines is 1. The summed E-state index contributed by atoms with van der Waals surface area (Å²) in [4.78, 5) is 19.2. The van der Waals surface area contributed by atoms with Gasteiger partial charge in [0, 0.05) is 32.4 Å². The van der Waals surface area contributed by atoms with Crippen LogP contribution < -0.4 is 15.8 Å². The van der Waals surface area contributed by atoms with Crippen LogP contribution in [0.1, 0.15) is 12.5 Å². The van der Waals surface area contributed by atoms with Crippen LogP contribution in [0.4, 0.5) is 5.82 Å². The Balaban J connectivity index is 2.24. The third kappa shape index (κ3) is 2.02. The Kier molecular flexibility index (Phi) is 3.31. The first-order valence-corrected chi connectivity index (χ1v) is 6.91. The predicted octanol–water partition coefficient (Wildman–Crippen LogP) is 0.372. The lowest BCUT2D eigenvalue weighted by molar-refractivity contribution is 0.476. The zero-order valence-electron chi connectivity index (χ0n) is 11.5. The quantitative estimate of drug-likeness (QED) is 0.828. The molecule has 2 N–H and O–H groups in total. The predicted molar refractivity (Wildman–Crippen MR) is 77.6 cm³/mol. The molecule has 1 aliphatic rings. The van der Waals surface area contributed by atoms with Gasteiger partial charge in [-0.1, -0.05) is 6.92 Å². The monoisotopic (exact) mass is 274 g/mol. The van der Waals surface area contributed by atoms with Gasteiger partial charge in [-0.2, -0.15) is 0 Å². The molecule has 0 aliphatic carbocycles. The molecule has 3 rings (SSSR count). The zero-order chi connectivity index (χ0) is 14.1. The molecular formula is C14H18N4O2. The van der Waals surface area contributed by atoms with Gasteiger partial charge in [-0.3, -0.25) is 9.20 Å². The molecule has 0 aromatic carbocycles. The number of nitrogens with one attached hydrogen (secondary N) is 1. The number of rotatable bonds is 2. The molecule has 0 spiro atoms. The first kappa shape index (κ1) is 12.9. The minimum absolute atomic E-state index is 0.0311. The van der Waals surface area contributed by atoms with E-state index in [0.717, 1.165) is 26.2 Å². The third-order valence-electron chi connectivity index (χ3n) is 3.68. The van der Waals surface area contributed by atoms with Crippen molar-refractivity contribution < 1.29 is 5.11 Å². The summed E-state index contributed by atoms with van der Waals surface area (Å²) in [7, 11) is 0. The van der Waals surface area contributed by atoms with E-state index in [1.165, 1.54) is 4.40 Å². The van der Waals surface area contributed by atoms with Gasteiger partial charge in [-0.15, -0.1) is 0 Å². The molecule has 6 nitrogen and oxygen atoms in total. The number of hydrogen-bond acceptors (Lipinski definition) is 5. The second-order valence-corrected chi connectivity index (χ2v) is 4.90. The first-order chi connectivity index (χ1) is 9.72. The van der Waals surface area contributed by atoms with E-state index in [9.17, 15) is 9.90 Å². The van der Waals surface area contributed by atoms with Crippen LogP contribution in [0.2, 0.25) is 0 Å². The Bertz CT molecular complexity index is 689. The van der Waals surface area contributed by atoms with E-state index >= 15 is 0 Å². The highest BCUT2D eigenvalue weighted by molar-refractivity contribution is 5.59. The topological polar surface area (TPSA) is 69.9 Å². The van der Waals surface area contributed by atoms with E-state index < -0.39 is 0 Å². The standard InChI is InChI=1S/C14H18N4O2/c1-2-10-12(17-8-5-15-6-9-17)16-13-11(19)4-3-7-18(13)14(10)20/h3-4,7,15,19H,2,5-6,8-9H2,1H3. The Morgan fingerprint density at radius 3 is 2.85 bits per heavy atom. The van der Waals surface area contributed by atoms with Crippen molar-refractivity contribution in [3.63, 3.8) is 0 Å². The summed E-state index contributed by atoms with van der Waals surface area (Å²) in [6, 6.07) is 3.20. The van der Waals surface area contributed by atoms with Crippen LogP contribution in [0.15, 0.2) is 23.1 Å². The van der Waals surface area contributed by atoms with Crippen molar-refractivity contribution in [2.45, 2.75) is 13.3 Å². The molecular weight excluding hydrogens is 256 g/mol. The average molecular weight is 274 g/mol. The number of pyridine rings is 1. The molecule has 1 fully saturated rings. The number of nitrogens with zero attached hydrogens (tertiary/aromatic N) is 3. The molecule has 0 amide bonds. The lowest BCUT2D eigenvalue weighted by atomic mass is 10.2. The van der Waals surface area contributed by atoms with Crippen LogP contribution in [0.3, 0.4) is 0 Å². The van der Waals surface area contributed by atoms with Crippen molar-refractivity contribution in [3.05, 3.63) is 34.2 Å². The second-order valence-electron chi connectivity index (χ2n) is 4.90. The summed E-state index contributed by atoms with van der Waals surface area (Å²) >= 11 is 0. The molecule has 3 heterocycles. The van der Waals surface area contributed by atoms with Crippen LogP contribution in [0, 0.1) is 0 Å². The number of aromatic nitrogens is 2. The number of hydrogen-bond donors (Lipinski definition) is 2. The van der Waals surface area contributed by atoms with Gasteiger partial charge in [-0.05, 0) is 18.6 Å². The molecule has 2 aromatic heterocycles. The Hall–Kier alpha value is -2.08. The maximum Gasteiger partial charge on any atom is 0.263 e. The summed E-state index contributed by atoms with van der Waals surface area (Å²) in [6.07, 6.45) is 2.27. The summed E-state index contributed by atoms with van der Waals surface area (Å²) < 4.78 is 1.42. The van der Waals surface area contributed by atoms with E-state index in [-0.39, 0.29) is 11.3 Å². The van der Waals surface area contributed by atoms with E-state index in [1.54, 1.807) is 18.3 Å². The molecule has 20 heavy (non-hydrogen) atoms. The maximum absolute atomic E-state index is 12.5. The number of aromatic hydroxyl groups is 1. The van der Waals surface area contributed by atoms with Crippen molar-refractivity contribution in [1.29, 1.82) is 0 Å². The summed E-state index contributed by atoms with van der Waals surface area (Å²) in [5.41, 5.74) is 0.931. The fourth-order valence-electron chi connectivity index (χ4n) is 2.62. The van der Waals surface area contributed by atoms with E-state index in [2.05, 4.69) is 15.2 Å². The van der Waals surface area contributed by atoms with Gasteiger partial charge in [0.15, 0.2) is 11.4 Å². The second kappa shape index (κ2) is 5.13. The van der Waals surface area contributed by atoms with Crippen molar-refractivity contribution in [2.24, 2.45) is 0 Å². The zero-order valence-corrected chi connectivity index (χ0v) is 11.5. The van der Waals surface area contributed by atoms with Crippen LogP contribution in [0.5, 0.6) is 5.75 Å². The lowest BCUT2D eigenvalue weighted by Crippen LogP contribution is -2.45. The van der Waals surface area contributed by atoms with Gasteiger partial charge in [0.2, 0.25) is 0 Å². The Morgan fingerprint density at radius 2 is 2.15 bits per heavy atom. The molecule has 2 aromatic rings. The van der Waals surface area contributed by atoms with Crippen LogP contribution >= 0.6 is 0 Å². The maximum atomic E-state index is 12.5. The largest absolute Gasteiger partial charge is 0.504 e. The lowest BCUT2D eigenvalue weighted by Gasteiger charge is -2.29. The fourth-order valence-corrected chi connectivity index (χ4v) is 2.62. The van der Waals surface area contributed by atoms with Gasteiger partial charge in [0.1, 0.15) is 5.82 Å². The summed E-state index contributed by atoms with van der Waals surface area (Å²) in [5.74, 6) is 0.740. The minimum Gasteiger partial charge on any atom is -0.504 e. The van der Waals surface area contributed by atoms with Crippen molar-refractivity contribution >= 4 is 11.5 Å². The van der Waals surface area contributed by atoms with Crippen LogP contribution in [0.25, 0.3) is 5.65 Å². The van der Waals surface area contributed by atoms with Crippen molar-refractivity contribution in [3.8, 4) is 5.75 Å². The highest BCUT2D eigenvalue weighted by Crippen LogP contribution is 2.21. The Labute approximate surface area is 116 Å². The smallest absolute Gasteiger partial charge is 0.263 e. The van der Waals surface area contributed by atoms with Crippen LogP contribution in [-0.4, -0.2) is 40.7 Å². The average Bonchev–Trinajstić information content (AvgIpc) is 2.49. The molecule has 0 saturated carbocycles. The summed E-state index contributed by atoms with van der Waals surface area (Å²) in [6.45, 7) is 5.36. The molecule has 1 saturated heterocycles. The number of fused-ring (bicyclic) bond motifs is 1. The number of piperazine rings is 1. The van der Waals surface area contributed by atoms with Gasteiger partial charge < -0.3 is 15.3 Å². The third-order valence-corrected chi connectivity index (χ3v) is 3.68. The molecule has 0 unspecified atom stereocenters. The van der Waals surface area contributed by atoms with Gasteiger partial charge in [-0.25, -0.2) is 4.98 Å². The van der Waals surface area contributed by atoms with Gasteiger partial charge in [0.25, 0.3) is 5.56 Å². The normalized spacial score (nSPS) is 15.8. The van der Waals surface area contributed by atoms with E-state index in [1.807, 2.05) is 6.92 Å². The van der Waals surface area contributed by atoms with Crippen molar-refractivity contribution in [1.82, 2.24) is 14.7 Å². The first-order valence-electron chi connectivity index (χ1n) is 6.91. The minimum atomic E-state index is -0.0954.